The van der Waals surface area contributed by atoms with Crippen LogP contribution in [0.3, 0.4) is 0 Å². The minimum Gasteiger partial charge on any atom is -0.323 e. The third kappa shape index (κ3) is 4.21. The molecule has 6 heteroatoms. The molecule has 1 aliphatic rings. The van der Waals surface area contributed by atoms with Gasteiger partial charge in [0.2, 0.25) is 0 Å². The lowest BCUT2D eigenvalue weighted by atomic mass is 10.1. The topological polar surface area (TPSA) is 80.7 Å². The van der Waals surface area contributed by atoms with Gasteiger partial charge in [-0.05, 0) is 25.3 Å². The zero-order valence-electron chi connectivity index (χ0n) is 12.9. The van der Waals surface area contributed by atoms with Crippen molar-refractivity contribution in [3.8, 4) is 0 Å². The van der Waals surface area contributed by atoms with Crippen LogP contribution in [0.5, 0.6) is 0 Å². The number of aromatic nitrogens is 1. The minimum absolute atomic E-state index is 0.170. The molecule has 1 aromatic heterocycles. The van der Waals surface area contributed by atoms with Crippen LogP contribution in [0.1, 0.15) is 37.4 Å². The molecule has 0 bridgehead atoms. The van der Waals surface area contributed by atoms with Crippen LogP contribution in [0, 0.1) is 0 Å². The molecule has 0 spiro atoms. The van der Waals surface area contributed by atoms with Gasteiger partial charge < -0.3 is 5.84 Å². The van der Waals surface area contributed by atoms with E-state index in [1.165, 1.54) is 12.5 Å². The highest BCUT2D eigenvalue weighted by Gasteiger charge is 2.10. The molecule has 0 fully saturated rings. The molecule has 0 atom stereocenters. The second-order valence-electron chi connectivity index (χ2n) is 5.02. The molecule has 0 aromatic carbocycles. The van der Waals surface area contributed by atoms with Gasteiger partial charge >= 0.3 is 0 Å². The summed E-state index contributed by atoms with van der Waals surface area (Å²) >= 11 is 1.64. The Morgan fingerprint density at radius 2 is 2.23 bits per heavy atom. The summed E-state index contributed by atoms with van der Waals surface area (Å²) in [6.45, 7) is 3.75. The first-order valence-corrected chi connectivity index (χ1v) is 8.11. The van der Waals surface area contributed by atoms with Crippen LogP contribution in [0.4, 0.5) is 0 Å². The molecule has 2 N–H and O–H groups in total. The van der Waals surface area contributed by atoms with E-state index >= 15 is 0 Å². The molecule has 0 radical (unpaired) electrons. The number of hydrazone groups is 1. The zero-order valence-corrected chi connectivity index (χ0v) is 13.7. The first-order chi connectivity index (χ1) is 10.6. The molecule has 1 aliphatic carbocycles. The van der Waals surface area contributed by atoms with E-state index in [4.69, 9.17) is 5.84 Å². The van der Waals surface area contributed by atoms with Crippen molar-refractivity contribution >= 4 is 34.1 Å². The Morgan fingerprint density at radius 1 is 1.41 bits per heavy atom. The average molecular weight is 316 g/mol. The van der Waals surface area contributed by atoms with E-state index in [9.17, 15) is 4.79 Å². The van der Waals surface area contributed by atoms with Crippen LogP contribution < -0.4 is 5.84 Å². The molecule has 0 aliphatic heterocycles. The Bertz CT molecular complexity index is 667. The number of aliphatic imine (C=N–C) groups is 1. The van der Waals surface area contributed by atoms with Gasteiger partial charge in [0.1, 0.15) is 5.71 Å². The van der Waals surface area contributed by atoms with E-state index in [0.717, 1.165) is 30.0 Å². The van der Waals surface area contributed by atoms with E-state index in [0.29, 0.717) is 12.3 Å². The Morgan fingerprint density at radius 3 is 2.86 bits per heavy atom. The van der Waals surface area contributed by atoms with E-state index in [1.54, 1.807) is 18.3 Å². The van der Waals surface area contributed by atoms with Gasteiger partial charge in [0.15, 0.2) is 5.78 Å². The van der Waals surface area contributed by atoms with Crippen molar-refractivity contribution in [2.24, 2.45) is 15.9 Å². The molecule has 1 aromatic rings. The maximum absolute atomic E-state index is 11.3. The summed E-state index contributed by atoms with van der Waals surface area (Å²) in [6.07, 6.45) is 9.45. The molecule has 116 valence electrons. The lowest BCUT2D eigenvalue weighted by Crippen LogP contribution is -2.21. The van der Waals surface area contributed by atoms with Crippen LogP contribution in [-0.2, 0) is 11.2 Å². The van der Waals surface area contributed by atoms with Crippen LogP contribution >= 0.6 is 11.3 Å². The van der Waals surface area contributed by atoms with Gasteiger partial charge in [0, 0.05) is 25.3 Å². The molecular formula is C16H20N4OS. The van der Waals surface area contributed by atoms with E-state index in [1.807, 2.05) is 0 Å². The summed E-state index contributed by atoms with van der Waals surface area (Å²) in [7, 11) is 0. The second-order valence-corrected chi connectivity index (χ2v) is 5.96. The summed E-state index contributed by atoms with van der Waals surface area (Å²) in [5, 5.41) is 6.61. The van der Waals surface area contributed by atoms with Crippen molar-refractivity contribution < 1.29 is 4.79 Å². The van der Waals surface area contributed by atoms with Crippen molar-refractivity contribution in [1.82, 2.24) is 4.98 Å². The van der Waals surface area contributed by atoms with Crippen molar-refractivity contribution in [3.05, 3.63) is 34.3 Å². The van der Waals surface area contributed by atoms with Gasteiger partial charge in [-0.15, -0.1) is 11.3 Å². The van der Waals surface area contributed by atoms with Crippen molar-refractivity contribution in [2.75, 3.05) is 6.54 Å². The molecule has 1 heterocycles. The van der Waals surface area contributed by atoms with Crippen LogP contribution in [0.25, 0.3) is 5.57 Å². The van der Waals surface area contributed by atoms with Crippen LogP contribution in [0.15, 0.2) is 33.7 Å². The number of allylic oxidation sites excluding steroid dienone is 4. The number of Topliss-reactive ketones (excluding diaryl/α,β-unsaturated/α-hetero) is 1. The number of ketones is 1. The molecule has 22 heavy (non-hydrogen) atoms. The number of hydrogen-bond donors (Lipinski definition) is 1. The van der Waals surface area contributed by atoms with Gasteiger partial charge in [-0.1, -0.05) is 18.2 Å². The maximum atomic E-state index is 11.3. The molecule has 0 saturated heterocycles. The highest BCUT2D eigenvalue weighted by molar-refractivity contribution is 7.09. The number of carbonyl (C=O) groups is 1. The highest BCUT2D eigenvalue weighted by atomic mass is 32.1. The fraction of sp³-hybridized carbons (Fsp3) is 0.375. The fourth-order valence-electron chi connectivity index (χ4n) is 2.19. The molecule has 2 rings (SSSR count). The maximum Gasteiger partial charge on any atom is 0.181 e. The Kier molecular flexibility index (Phi) is 5.77. The van der Waals surface area contributed by atoms with Crippen molar-refractivity contribution in [3.63, 3.8) is 0 Å². The standard InChI is InChI=1S/C16H20N4OS/c1-11(16(20-17)12(2)21)18-9-8-15-19-14(10-22-15)13-6-4-3-5-7-13/h4,6-7,10H,3,5,8-9,17H2,1-2H3/b18-11?,20-16+. The second kappa shape index (κ2) is 7.79. The summed E-state index contributed by atoms with van der Waals surface area (Å²) in [4.78, 5) is 20.3. The first kappa shape index (κ1) is 16.3. The summed E-state index contributed by atoms with van der Waals surface area (Å²) < 4.78 is 0. The van der Waals surface area contributed by atoms with Gasteiger partial charge in [0.05, 0.1) is 16.4 Å². The van der Waals surface area contributed by atoms with Gasteiger partial charge in [0.25, 0.3) is 0 Å². The predicted molar refractivity (Wildman–Crippen MR) is 92.4 cm³/mol. The van der Waals surface area contributed by atoms with Gasteiger partial charge in [-0.3, -0.25) is 9.79 Å². The highest BCUT2D eigenvalue weighted by Crippen LogP contribution is 2.23. The summed E-state index contributed by atoms with van der Waals surface area (Å²) in [5.41, 5.74) is 3.04. The first-order valence-electron chi connectivity index (χ1n) is 7.23. The summed E-state index contributed by atoms with van der Waals surface area (Å²) in [5.74, 6) is 5.04. The third-order valence-corrected chi connectivity index (χ3v) is 4.23. The zero-order chi connectivity index (χ0) is 15.9. The smallest absolute Gasteiger partial charge is 0.181 e. The monoisotopic (exact) mass is 316 g/mol. The van der Waals surface area contributed by atoms with Crippen molar-refractivity contribution in [1.29, 1.82) is 0 Å². The number of rotatable bonds is 6. The molecular weight excluding hydrogens is 296 g/mol. The number of hydrogen-bond acceptors (Lipinski definition) is 6. The van der Waals surface area contributed by atoms with E-state index in [-0.39, 0.29) is 11.5 Å². The van der Waals surface area contributed by atoms with Gasteiger partial charge in [-0.25, -0.2) is 4.98 Å². The number of carbonyl (C=O) groups excluding carboxylic acids is 1. The third-order valence-electron chi connectivity index (χ3n) is 3.32. The number of nitrogens with two attached hydrogens (primary N) is 1. The summed E-state index contributed by atoms with van der Waals surface area (Å²) in [6, 6.07) is 0. The minimum atomic E-state index is -0.170. The Balaban J connectivity index is 1.95. The normalized spacial score (nSPS) is 15.8. The lowest BCUT2D eigenvalue weighted by molar-refractivity contribution is -0.110. The Hall–Kier alpha value is -2.08. The van der Waals surface area contributed by atoms with Gasteiger partial charge in [-0.2, -0.15) is 5.10 Å². The average Bonchev–Trinajstić information content (AvgIpc) is 2.97. The SMILES string of the molecule is CC(=O)/C(=N/N)C(C)=NCCc1nc(C2=CCCC=C2)cs1. The van der Waals surface area contributed by atoms with Crippen LogP contribution in [0.2, 0.25) is 0 Å². The largest absolute Gasteiger partial charge is 0.323 e. The predicted octanol–water partition coefficient (Wildman–Crippen LogP) is 2.78. The lowest BCUT2D eigenvalue weighted by Gasteiger charge is -2.02. The molecule has 0 unspecified atom stereocenters. The Labute approximate surface area is 134 Å². The molecule has 0 amide bonds. The number of thiazole rings is 1. The molecule has 0 saturated carbocycles. The molecule has 5 nitrogen and oxygen atoms in total. The van der Waals surface area contributed by atoms with E-state index in [2.05, 4.69) is 38.7 Å². The fourth-order valence-corrected chi connectivity index (χ4v) is 2.99. The number of nitrogens with zero attached hydrogens (tertiary/aromatic N) is 3. The van der Waals surface area contributed by atoms with Crippen molar-refractivity contribution in [2.45, 2.75) is 33.1 Å². The van der Waals surface area contributed by atoms with Crippen LogP contribution in [-0.4, -0.2) is 28.7 Å². The van der Waals surface area contributed by atoms with E-state index < -0.39 is 0 Å². The quantitative estimate of drug-likeness (QED) is 0.498.